The van der Waals surface area contributed by atoms with Crippen LogP contribution < -0.4 is 5.32 Å². The molecule has 7 heteroatoms. The smallest absolute Gasteiger partial charge is 0.319 e. The Labute approximate surface area is 119 Å². The molecule has 3 rings (SSSR count). The lowest BCUT2D eigenvalue weighted by molar-refractivity contribution is -0.382. The quantitative estimate of drug-likeness (QED) is 0.692. The summed E-state index contributed by atoms with van der Waals surface area (Å²) in [6.07, 6.45) is 2.00. The summed E-state index contributed by atoms with van der Waals surface area (Å²) in [6, 6.07) is 3.61. The molecule has 1 N–H and O–H groups in total. The van der Waals surface area contributed by atoms with E-state index in [1.807, 2.05) is 13.0 Å². The van der Waals surface area contributed by atoms with E-state index in [4.69, 9.17) is 4.74 Å². The van der Waals surface area contributed by atoms with E-state index < -0.39 is 0 Å². The number of rotatable bonds is 4. The number of nitro benzene ring substituents is 1. The van der Waals surface area contributed by atoms with Gasteiger partial charge in [-0.15, -0.1) is 11.3 Å². The molecule has 0 spiro atoms. The first-order valence-electron chi connectivity index (χ1n) is 6.47. The number of aromatic nitrogens is 1. The monoisotopic (exact) mass is 293 g/mol. The van der Waals surface area contributed by atoms with Gasteiger partial charge in [0.15, 0.2) is 5.52 Å². The highest BCUT2D eigenvalue weighted by molar-refractivity contribution is 7.16. The molecule has 0 saturated carbocycles. The molecule has 1 aromatic carbocycles. The van der Waals surface area contributed by atoms with Gasteiger partial charge in [0.05, 0.1) is 20.7 Å². The molecule has 0 radical (unpaired) electrons. The van der Waals surface area contributed by atoms with Crippen LogP contribution in [0.1, 0.15) is 19.8 Å². The summed E-state index contributed by atoms with van der Waals surface area (Å²) in [7, 11) is 0. The third kappa shape index (κ3) is 2.34. The van der Waals surface area contributed by atoms with Crippen molar-refractivity contribution in [3.8, 4) is 0 Å². The fourth-order valence-corrected chi connectivity index (χ4v) is 3.18. The molecule has 1 unspecified atom stereocenters. The molecule has 0 aliphatic carbocycles. The molecule has 2 heterocycles. The zero-order valence-electron chi connectivity index (χ0n) is 11.1. The second-order valence-electron chi connectivity index (χ2n) is 5.17. The van der Waals surface area contributed by atoms with Gasteiger partial charge in [-0.1, -0.05) is 0 Å². The molecule has 1 fully saturated rings. The van der Waals surface area contributed by atoms with Crippen molar-refractivity contribution in [2.75, 3.05) is 18.5 Å². The maximum absolute atomic E-state index is 11.3. The van der Waals surface area contributed by atoms with Crippen LogP contribution >= 0.6 is 11.3 Å². The number of ether oxygens (including phenoxy) is 1. The predicted octanol–water partition coefficient (Wildman–Crippen LogP) is 3.19. The number of benzene rings is 1. The van der Waals surface area contributed by atoms with E-state index in [0.29, 0.717) is 17.7 Å². The van der Waals surface area contributed by atoms with Crippen molar-refractivity contribution in [1.82, 2.24) is 4.98 Å². The summed E-state index contributed by atoms with van der Waals surface area (Å²) in [5.41, 5.74) is 2.38. The molecule has 1 aliphatic rings. The molecule has 2 aromatic rings. The fraction of sp³-hybridized carbons (Fsp3) is 0.462. The molecular weight excluding hydrogens is 278 g/mol. The fourth-order valence-electron chi connectivity index (χ4n) is 2.50. The number of anilines is 1. The second kappa shape index (κ2) is 4.99. The number of fused-ring (bicyclic) bond motifs is 1. The van der Waals surface area contributed by atoms with Crippen molar-refractivity contribution in [2.24, 2.45) is 0 Å². The van der Waals surface area contributed by atoms with Gasteiger partial charge >= 0.3 is 5.69 Å². The number of hydrogen-bond acceptors (Lipinski definition) is 6. The summed E-state index contributed by atoms with van der Waals surface area (Å²) in [5.74, 6) is 0. The normalized spacial score (nSPS) is 22.2. The van der Waals surface area contributed by atoms with Gasteiger partial charge < -0.3 is 10.1 Å². The number of hydrogen-bond donors (Lipinski definition) is 1. The minimum Gasteiger partial charge on any atom is -0.377 e. The highest BCUT2D eigenvalue weighted by atomic mass is 32.1. The molecule has 0 amide bonds. The maximum Gasteiger partial charge on any atom is 0.319 e. The van der Waals surface area contributed by atoms with E-state index in [1.54, 1.807) is 11.6 Å². The Balaban J connectivity index is 1.90. The second-order valence-corrected chi connectivity index (χ2v) is 6.06. The van der Waals surface area contributed by atoms with Gasteiger partial charge in [-0.25, -0.2) is 4.98 Å². The Morgan fingerprint density at radius 3 is 3.15 bits per heavy atom. The zero-order valence-corrected chi connectivity index (χ0v) is 11.9. The predicted molar refractivity (Wildman–Crippen MR) is 78.4 cm³/mol. The Morgan fingerprint density at radius 1 is 1.60 bits per heavy atom. The third-order valence-electron chi connectivity index (χ3n) is 3.61. The average molecular weight is 293 g/mol. The van der Waals surface area contributed by atoms with Crippen molar-refractivity contribution >= 4 is 32.9 Å². The number of nitro groups is 1. The van der Waals surface area contributed by atoms with Crippen LogP contribution in [0.2, 0.25) is 0 Å². The lowest BCUT2D eigenvalue weighted by Gasteiger charge is -2.23. The van der Waals surface area contributed by atoms with E-state index in [9.17, 15) is 10.1 Å². The summed E-state index contributed by atoms with van der Waals surface area (Å²) >= 11 is 1.40. The van der Waals surface area contributed by atoms with E-state index in [1.165, 1.54) is 11.3 Å². The molecule has 1 aliphatic heterocycles. The van der Waals surface area contributed by atoms with Crippen LogP contribution in [0, 0.1) is 10.1 Å². The molecule has 20 heavy (non-hydrogen) atoms. The van der Waals surface area contributed by atoms with Crippen molar-refractivity contribution in [3.63, 3.8) is 0 Å². The third-order valence-corrected chi connectivity index (χ3v) is 4.41. The minimum atomic E-state index is -0.373. The standard InChI is InChI=1S/C13H15N3O3S/c1-13(5-2-6-19-13)7-14-9-3-4-10-11(15-8-20-10)12(9)16(17)18/h3-4,8,14H,2,5-7H2,1H3. The van der Waals surface area contributed by atoms with Gasteiger partial charge in [0.1, 0.15) is 5.69 Å². The Kier molecular flexibility index (Phi) is 3.31. The van der Waals surface area contributed by atoms with E-state index >= 15 is 0 Å². The van der Waals surface area contributed by atoms with E-state index in [0.717, 1.165) is 24.1 Å². The summed E-state index contributed by atoms with van der Waals surface area (Å²) in [4.78, 5) is 15.0. The number of nitrogens with zero attached hydrogens (tertiary/aromatic N) is 2. The Hall–Kier alpha value is -1.73. The Morgan fingerprint density at radius 2 is 2.45 bits per heavy atom. The lowest BCUT2D eigenvalue weighted by atomic mass is 10.0. The van der Waals surface area contributed by atoms with Gasteiger partial charge in [-0.05, 0) is 31.9 Å². The van der Waals surface area contributed by atoms with E-state index in [2.05, 4.69) is 10.3 Å². The molecule has 1 saturated heterocycles. The molecule has 106 valence electrons. The first-order chi connectivity index (χ1) is 9.59. The summed E-state index contributed by atoms with van der Waals surface area (Å²) in [6.45, 7) is 3.34. The van der Waals surface area contributed by atoms with Crippen molar-refractivity contribution in [3.05, 3.63) is 27.8 Å². The maximum atomic E-state index is 11.3. The largest absolute Gasteiger partial charge is 0.377 e. The van der Waals surface area contributed by atoms with Crippen LogP contribution in [-0.2, 0) is 4.74 Å². The number of nitrogens with one attached hydrogen (secondary N) is 1. The average Bonchev–Trinajstić information content (AvgIpc) is 3.04. The first-order valence-corrected chi connectivity index (χ1v) is 7.35. The van der Waals surface area contributed by atoms with Gasteiger partial charge in [0.25, 0.3) is 0 Å². The van der Waals surface area contributed by atoms with Crippen molar-refractivity contribution in [2.45, 2.75) is 25.4 Å². The van der Waals surface area contributed by atoms with Gasteiger partial charge in [-0.3, -0.25) is 10.1 Å². The molecule has 1 aromatic heterocycles. The van der Waals surface area contributed by atoms with Crippen LogP contribution in [0.25, 0.3) is 10.2 Å². The highest BCUT2D eigenvalue weighted by Gasteiger charge is 2.30. The van der Waals surface area contributed by atoms with Crippen molar-refractivity contribution in [1.29, 1.82) is 0 Å². The van der Waals surface area contributed by atoms with Crippen LogP contribution in [0.5, 0.6) is 0 Å². The molecule has 0 bridgehead atoms. The first kappa shape index (κ1) is 13.3. The zero-order chi connectivity index (χ0) is 14.2. The molecule has 1 atom stereocenters. The molecular formula is C13H15N3O3S. The Bertz CT molecular complexity index is 649. The van der Waals surface area contributed by atoms with Gasteiger partial charge in [-0.2, -0.15) is 0 Å². The van der Waals surface area contributed by atoms with Gasteiger partial charge in [0.2, 0.25) is 0 Å². The van der Waals surface area contributed by atoms with Crippen molar-refractivity contribution < 1.29 is 9.66 Å². The molecule has 6 nitrogen and oxygen atoms in total. The summed E-state index contributed by atoms with van der Waals surface area (Å²) < 4.78 is 6.51. The lowest BCUT2D eigenvalue weighted by Crippen LogP contribution is -2.32. The minimum absolute atomic E-state index is 0.0466. The van der Waals surface area contributed by atoms with Crippen LogP contribution in [0.3, 0.4) is 0 Å². The van der Waals surface area contributed by atoms with Gasteiger partial charge in [0, 0.05) is 13.2 Å². The topological polar surface area (TPSA) is 77.3 Å². The number of thiazole rings is 1. The van der Waals surface area contributed by atoms with Crippen LogP contribution in [-0.4, -0.2) is 28.7 Å². The highest BCUT2D eigenvalue weighted by Crippen LogP contribution is 2.35. The van der Waals surface area contributed by atoms with Crippen LogP contribution in [0.4, 0.5) is 11.4 Å². The SMILES string of the molecule is CC1(CNc2ccc3scnc3c2[N+](=O)[O-])CCCO1. The van der Waals surface area contributed by atoms with E-state index in [-0.39, 0.29) is 16.2 Å². The van der Waals surface area contributed by atoms with Crippen LogP contribution in [0.15, 0.2) is 17.6 Å². The summed E-state index contributed by atoms with van der Waals surface area (Å²) in [5, 5.41) is 14.5.